The first-order chi connectivity index (χ1) is 14.6. The van der Waals surface area contributed by atoms with E-state index in [0.29, 0.717) is 44.5 Å². The van der Waals surface area contributed by atoms with Crippen LogP contribution in [0.15, 0.2) is 53.6 Å². The molecule has 0 unspecified atom stereocenters. The molecule has 0 saturated carbocycles. The number of ether oxygens (including phenoxy) is 1. The largest absolute Gasteiger partial charge is 0.383 e. The molecule has 0 atom stereocenters. The van der Waals surface area contributed by atoms with Crippen molar-refractivity contribution in [2.45, 2.75) is 6.42 Å². The van der Waals surface area contributed by atoms with Gasteiger partial charge in [0.05, 0.1) is 30.8 Å². The number of hydrogen-bond donors (Lipinski definition) is 1. The molecule has 4 rings (SSSR count). The molecule has 2 aromatic heterocycles. The average Bonchev–Trinajstić information content (AvgIpc) is 2.78. The topological polar surface area (TPSA) is 72.3 Å². The summed E-state index contributed by atoms with van der Waals surface area (Å²) < 4.78 is 20.1. The van der Waals surface area contributed by atoms with Gasteiger partial charge in [0.15, 0.2) is 0 Å². The fourth-order valence-electron chi connectivity index (χ4n) is 3.46. The Hall–Kier alpha value is -2.97. The minimum absolute atomic E-state index is 0. The molecular formula is C22H25ClFN5O2. The first-order valence-electron chi connectivity index (χ1n) is 9.95. The summed E-state index contributed by atoms with van der Waals surface area (Å²) >= 11 is 0. The van der Waals surface area contributed by atoms with Crippen LogP contribution in [0, 0.1) is 5.82 Å². The van der Waals surface area contributed by atoms with Gasteiger partial charge in [-0.3, -0.25) is 14.3 Å². The van der Waals surface area contributed by atoms with Crippen LogP contribution in [-0.2, 0) is 18.2 Å². The monoisotopic (exact) mass is 445 g/mol. The van der Waals surface area contributed by atoms with Gasteiger partial charge in [-0.15, -0.1) is 12.4 Å². The number of aromatic nitrogens is 3. The number of pyridine rings is 1. The molecule has 9 heteroatoms. The summed E-state index contributed by atoms with van der Waals surface area (Å²) in [5, 5.41) is 3.37. The molecule has 1 aromatic carbocycles. The van der Waals surface area contributed by atoms with Gasteiger partial charge in [-0.2, -0.15) is 0 Å². The Morgan fingerprint density at radius 1 is 1.16 bits per heavy atom. The van der Waals surface area contributed by atoms with E-state index in [-0.39, 0.29) is 23.8 Å². The lowest BCUT2D eigenvalue weighted by molar-refractivity contribution is 0.121. The van der Waals surface area contributed by atoms with Gasteiger partial charge in [0.2, 0.25) is 5.95 Å². The van der Waals surface area contributed by atoms with Crippen molar-refractivity contribution in [3.8, 4) is 11.3 Å². The molecule has 0 bridgehead atoms. The fraction of sp³-hybridized carbons (Fsp3) is 0.318. The first-order valence-corrected chi connectivity index (χ1v) is 9.95. The summed E-state index contributed by atoms with van der Waals surface area (Å²) in [7, 11) is 1.73. The molecule has 3 aromatic rings. The van der Waals surface area contributed by atoms with Crippen molar-refractivity contribution in [2.75, 3.05) is 43.1 Å². The molecule has 0 spiro atoms. The highest BCUT2D eigenvalue weighted by Crippen LogP contribution is 2.26. The Balaban J connectivity index is 0.00000272. The summed E-state index contributed by atoms with van der Waals surface area (Å²) in [5.74, 6) is 0.393. The molecule has 0 aliphatic carbocycles. The number of rotatable bonds is 6. The van der Waals surface area contributed by atoms with E-state index in [2.05, 4.69) is 15.2 Å². The lowest BCUT2D eigenvalue weighted by Gasteiger charge is -2.29. The Bertz CT molecular complexity index is 1070. The van der Waals surface area contributed by atoms with Crippen LogP contribution in [0.1, 0.15) is 5.56 Å². The van der Waals surface area contributed by atoms with Gasteiger partial charge in [-0.1, -0.05) is 12.1 Å². The molecule has 3 heterocycles. The predicted octanol–water partition coefficient (Wildman–Crippen LogP) is 2.89. The molecule has 31 heavy (non-hydrogen) atoms. The van der Waals surface area contributed by atoms with Crippen LogP contribution in [0.5, 0.6) is 0 Å². The molecule has 1 saturated heterocycles. The van der Waals surface area contributed by atoms with Crippen LogP contribution in [0.25, 0.3) is 11.3 Å². The van der Waals surface area contributed by atoms with Gasteiger partial charge in [0, 0.05) is 44.5 Å². The minimum Gasteiger partial charge on any atom is -0.383 e. The summed E-state index contributed by atoms with van der Waals surface area (Å²) in [6, 6.07) is 9.87. The summed E-state index contributed by atoms with van der Waals surface area (Å²) in [6.45, 7) is 3.27. The Morgan fingerprint density at radius 2 is 1.90 bits per heavy atom. The molecule has 1 aliphatic rings. The van der Waals surface area contributed by atoms with Gasteiger partial charge in [-0.25, -0.2) is 9.37 Å². The van der Waals surface area contributed by atoms with Crippen molar-refractivity contribution >= 4 is 24.0 Å². The lowest BCUT2D eigenvalue weighted by atomic mass is 10.1. The number of hydrogen-bond acceptors (Lipinski definition) is 6. The van der Waals surface area contributed by atoms with Crippen LogP contribution in [-0.4, -0.2) is 47.4 Å². The molecule has 0 radical (unpaired) electrons. The van der Waals surface area contributed by atoms with Gasteiger partial charge in [-0.05, 0) is 30.2 Å². The van der Waals surface area contributed by atoms with E-state index in [9.17, 15) is 9.18 Å². The van der Waals surface area contributed by atoms with Crippen LogP contribution in [0.2, 0.25) is 0 Å². The quantitative estimate of drug-likeness (QED) is 0.629. The van der Waals surface area contributed by atoms with Gasteiger partial charge >= 0.3 is 0 Å². The number of halogens is 2. The lowest BCUT2D eigenvalue weighted by Crippen LogP contribution is -2.40. The third kappa shape index (κ3) is 5.39. The highest BCUT2D eigenvalue weighted by Gasteiger charge is 2.18. The minimum atomic E-state index is -0.242. The van der Waals surface area contributed by atoms with Crippen LogP contribution in [0.4, 0.5) is 16.0 Å². The second-order valence-electron chi connectivity index (χ2n) is 7.16. The van der Waals surface area contributed by atoms with E-state index < -0.39 is 0 Å². The van der Waals surface area contributed by atoms with Crippen molar-refractivity contribution < 1.29 is 9.13 Å². The molecule has 1 fully saturated rings. The van der Waals surface area contributed by atoms with E-state index >= 15 is 0 Å². The number of nitrogens with one attached hydrogen (secondary N) is 1. The third-order valence-electron chi connectivity index (χ3n) is 5.14. The summed E-state index contributed by atoms with van der Waals surface area (Å²) in [4.78, 5) is 23.7. The van der Waals surface area contributed by atoms with Crippen molar-refractivity contribution in [3.05, 3.63) is 70.5 Å². The van der Waals surface area contributed by atoms with Crippen LogP contribution >= 0.6 is 12.4 Å². The van der Waals surface area contributed by atoms with Crippen molar-refractivity contribution in [1.82, 2.24) is 14.5 Å². The van der Waals surface area contributed by atoms with Crippen molar-refractivity contribution in [3.63, 3.8) is 0 Å². The molecule has 0 amide bonds. The second-order valence-corrected chi connectivity index (χ2v) is 7.16. The summed E-state index contributed by atoms with van der Waals surface area (Å²) in [5.41, 5.74) is 3.14. The van der Waals surface area contributed by atoms with E-state index in [4.69, 9.17) is 9.72 Å². The van der Waals surface area contributed by atoms with E-state index in [1.807, 2.05) is 6.07 Å². The van der Waals surface area contributed by atoms with Gasteiger partial charge in [0.1, 0.15) is 5.82 Å². The van der Waals surface area contributed by atoms with E-state index in [1.54, 1.807) is 42.2 Å². The van der Waals surface area contributed by atoms with Gasteiger partial charge < -0.3 is 15.0 Å². The smallest absolute Gasteiger partial charge is 0.255 e. The Kier molecular flexibility index (Phi) is 7.59. The number of anilines is 2. The first kappa shape index (κ1) is 22.7. The maximum Gasteiger partial charge on any atom is 0.255 e. The third-order valence-corrected chi connectivity index (χ3v) is 5.14. The SMILES string of the molecule is Cl.Cn1c(N2CCOCC2)nc(-c2ccncc2NCCc2ccc(F)cc2)cc1=O. The number of benzene rings is 1. The Morgan fingerprint density at radius 3 is 2.65 bits per heavy atom. The highest BCUT2D eigenvalue weighted by atomic mass is 35.5. The predicted molar refractivity (Wildman–Crippen MR) is 122 cm³/mol. The average molecular weight is 446 g/mol. The maximum absolute atomic E-state index is 13.1. The highest BCUT2D eigenvalue weighted by molar-refractivity contribution is 5.85. The normalized spacial score (nSPS) is 13.5. The van der Waals surface area contributed by atoms with Crippen molar-refractivity contribution in [2.24, 2.45) is 7.05 Å². The molecule has 1 N–H and O–H groups in total. The number of nitrogens with zero attached hydrogens (tertiary/aromatic N) is 4. The Labute approximate surface area is 186 Å². The van der Waals surface area contributed by atoms with Crippen molar-refractivity contribution in [1.29, 1.82) is 0 Å². The molecule has 7 nitrogen and oxygen atoms in total. The maximum atomic E-state index is 13.1. The van der Waals surface area contributed by atoms with Gasteiger partial charge in [0.25, 0.3) is 5.56 Å². The number of morpholine rings is 1. The molecule has 1 aliphatic heterocycles. The van der Waals surface area contributed by atoms with E-state index in [1.165, 1.54) is 12.1 Å². The zero-order chi connectivity index (χ0) is 20.9. The second kappa shape index (κ2) is 10.4. The fourth-order valence-corrected chi connectivity index (χ4v) is 3.46. The summed E-state index contributed by atoms with van der Waals surface area (Å²) in [6.07, 6.45) is 4.15. The zero-order valence-electron chi connectivity index (χ0n) is 17.3. The standard InChI is InChI=1S/C22H24FN5O2.ClH/c1-27-21(29)14-19(26-22(27)28-10-12-30-13-11-28)18-7-8-24-15-20(18)25-9-6-16-2-4-17(23)5-3-16;/h2-5,7-8,14-15,25H,6,9-13H2,1H3;1H. The van der Waals surface area contributed by atoms with Crippen LogP contribution < -0.4 is 15.8 Å². The molecular weight excluding hydrogens is 421 g/mol. The zero-order valence-corrected chi connectivity index (χ0v) is 18.1. The van der Waals surface area contributed by atoms with Crippen LogP contribution in [0.3, 0.4) is 0 Å². The van der Waals surface area contributed by atoms with E-state index in [0.717, 1.165) is 23.2 Å². The molecule has 164 valence electrons.